The van der Waals surface area contributed by atoms with E-state index < -0.39 is 0 Å². The van der Waals surface area contributed by atoms with Gasteiger partial charge < -0.3 is 20.6 Å². The van der Waals surface area contributed by atoms with Crippen molar-refractivity contribution in [2.24, 2.45) is 0 Å². The van der Waals surface area contributed by atoms with Gasteiger partial charge in [-0.15, -0.1) is 0 Å². The topological polar surface area (TPSA) is 64.6 Å². The predicted molar refractivity (Wildman–Crippen MR) is 79.1 cm³/mol. The van der Waals surface area contributed by atoms with Crippen LogP contribution in [0.4, 0.5) is 0 Å². The molecule has 1 aliphatic rings. The molecule has 2 rings (SSSR count). The predicted octanol–water partition coefficient (Wildman–Crippen LogP) is 0.726. The molecule has 110 valence electrons. The number of rotatable bonds is 5. The van der Waals surface area contributed by atoms with Gasteiger partial charge >= 0.3 is 0 Å². The molecule has 1 aromatic carbocycles. The van der Waals surface area contributed by atoms with Crippen LogP contribution in [-0.4, -0.2) is 55.2 Å². The molecule has 0 radical (unpaired) electrons. The van der Waals surface area contributed by atoms with Crippen LogP contribution in [0.2, 0.25) is 0 Å². The Labute approximate surface area is 120 Å². The lowest BCUT2D eigenvalue weighted by atomic mass is 10.1. The fraction of sp³-hybridized carbons (Fsp3) is 0.533. The lowest BCUT2D eigenvalue weighted by Crippen LogP contribution is -2.44. The van der Waals surface area contributed by atoms with Crippen LogP contribution in [0.5, 0.6) is 5.75 Å². The first-order chi connectivity index (χ1) is 9.68. The summed E-state index contributed by atoms with van der Waals surface area (Å²) in [5, 5.41) is 15.8. The molecule has 3 N–H and O–H groups in total. The summed E-state index contributed by atoms with van der Waals surface area (Å²) in [6, 6.07) is 5.02. The Bertz CT molecular complexity index is 456. The second kappa shape index (κ2) is 7.26. The number of piperazine rings is 1. The minimum atomic E-state index is -0.112. The third-order valence-corrected chi connectivity index (χ3v) is 3.70. The molecule has 0 saturated carbocycles. The van der Waals surface area contributed by atoms with Gasteiger partial charge in [0.2, 0.25) is 0 Å². The van der Waals surface area contributed by atoms with Gasteiger partial charge in [-0.25, -0.2) is 0 Å². The third-order valence-electron chi connectivity index (χ3n) is 3.70. The Morgan fingerprint density at radius 3 is 2.90 bits per heavy atom. The van der Waals surface area contributed by atoms with Gasteiger partial charge in [0.15, 0.2) is 0 Å². The van der Waals surface area contributed by atoms with Crippen molar-refractivity contribution < 1.29 is 9.90 Å². The number of aromatic hydroxyl groups is 1. The van der Waals surface area contributed by atoms with Gasteiger partial charge in [-0.05, 0) is 32.0 Å². The van der Waals surface area contributed by atoms with Crippen molar-refractivity contribution in [3.63, 3.8) is 0 Å². The number of nitrogens with zero attached hydrogens (tertiary/aromatic N) is 1. The van der Waals surface area contributed by atoms with Crippen LogP contribution in [-0.2, 0) is 0 Å². The number of benzene rings is 1. The molecule has 5 nitrogen and oxygen atoms in total. The van der Waals surface area contributed by atoms with Crippen molar-refractivity contribution in [1.29, 1.82) is 0 Å². The summed E-state index contributed by atoms with van der Waals surface area (Å²) in [5.74, 6) is 0.0529. The minimum absolute atomic E-state index is 0.112. The number of hydrogen-bond acceptors (Lipinski definition) is 4. The van der Waals surface area contributed by atoms with E-state index in [1.54, 1.807) is 25.1 Å². The Morgan fingerprint density at radius 2 is 2.15 bits per heavy atom. The van der Waals surface area contributed by atoms with Gasteiger partial charge in [-0.2, -0.15) is 0 Å². The number of nitrogens with one attached hydrogen (secondary N) is 2. The minimum Gasteiger partial charge on any atom is -0.508 e. The van der Waals surface area contributed by atoms with E-state index >= 15 is 0 Å². The molecule has 1 saturated heterocycles. The average Bonchev–Trinajstić information content (AvgIpc) is 2.47. The lowest BCUT2D eigenvalue weighted by Gasteiger charge is -2.27. The quantitative estimate of drug-likeness (QED) is 0.694. The van der Waals surface area contributed by atoms with E-state index in [0.717, 1.165) is 39.1 Å². The molecule has 0 aromatic heterocycles. The Hall–Kier alpha value is -1.59. The van der Waals surface area contributed by atoms with E-state index in [4.69, 9.17) is 0 Å². The Balaban J connectivity index is 1.73. The monoisotopic (exact) mass is 277 g/mol. The largest absolute Gasteiger partial charge is 0.508 e. The van der Waals surface area contributed by atoms with Crippen LogP contribution < -0.4 is 10.6 Å². The molecule has 0 atom stereocenters. The smallest absolute Gasteiger partial charge is 0.251 e. The zero-order chi connectivity index (χ0) is 14.4. The van der Waals surface area contributed by atoms with E-state index in [0.29, 0.717) is 17.7 Å². The maximum Gasteiger partial charge on any atom is 0.251 e. The highest BCUT2D eigenvalue weighted by atomic mass is 16.3. The average molecular weight is 277 g/mol. The molecule has 1 fully saturated rings. The van der Waals surface area contributed by atoms with Crippen molar-refractivity contribution in [3.8, 4) is 5.75 Å². The summed E-state index contributed by atoms with van der Waals surface area (Å²) in [4.78, 5) is 14.4. The van der Waals surface area contributed by atoms with E-state index in [2.05, 4.69) is 15.5 Å². The van der Waals surface area contributed by atoms with Gasteiger partial charge in [-0.3, -0.25) is 4.79 Å². The van der Waals surface area contributed by atoms with E-state index in [9.17, 15) is 9.90 Å². The molecular formula is C15H23N3O2. The van der Waals surface area contributed by atoms with Crippen LogP contribution in [0, 0.1) is 6.92 Å². The number of phenols is 1. The Kier molecular flexibility index (Phi) is 5.38. The third kappa shape index (κ3) is 3.95. The normalized spacial score (nSPS) is 16.1. The number of hydrogen-bond donors (Lipinski definition) is 3. The van der Waals surface area contributed by atoms with E-state index in [1.807, 2.05) is 0 Å². The number of amides is 1. The maximum atomic E-state index is 12.0. The molecule has 0 bridgehead atoms. The second-order valence-corrected chi connectivity index (χ2v) is 5.15. The number of phenolic OH excluding ortho intramolecular Hbond substituents is 1. The summed E-state index contributed by atoms with van der Waals surface area (Å²) in [5.41, 5.74) is 1.18. The fourth-order valence-electron chi connectivity index (χ4n) is 2.40. The first-order valence-corrected chi connectivity index (χ1v) is 7.18. The van der Waals surface area contributed by atoms with Crippen LogP contribution in [0.15, 0.2) is 18.2 Å². The number of carbonyl (C=O) groups is 1. The van der Waals surface area contributed by atoms with Gasteiger partial charge in [0.25, 0.3) is 5.91 Å². The van der Waals surface area contributed by atoms with Gasteiger partial charge in [0.05, 0.1) is 0 Å². The van der Waals surface area contributed by atoms with Crippen molar-refractivity contribution in [1.82, 2.24) is 15.5 Å². The van der Waals surface area contributed by atoms with Gasteiger partial charge in [-0.1, -0.05) is 6.07 Å². The summed E-state index contributed by atoms with van der Waals surface area (Å²) in [6.45, 7) is 7.70. The molecule has 1 aromatic rings. The molecular weight excluding hydrogens is 254 g/mol. The first-order valence-electron chi connectivity index (χ1n) is 7.18. The SMILES string of the molecule is Cc1c(O)cccc1C(=O)NCCCN1CCNCC1. The lowest BCUT2D eigenvalue weighted by molar-refractivity contribution is 0.0950. The first kappa shape index (κ1) is 14.8. The molecule has 0 aliphatic carbocycles. The number of carbonyl (C=O) groups excluding carboxylic acids is 1. The second-order valence-electron chi connectivity index (χ2n) is 5.15. The fourth-order valence-corrected chi connectivity index (χ4v) is 2.40. The highest BCUT2D eigenvalue weighted by Gasteiger charge is 2.11. The molecule has 20 heavy (non-hydrogen) atoms. The maximum absolute atomic E-state index is 12.0. The van der Waals surface area contributed by atoms with Crippen LogP contribution in [0.3, 0.4) is 0 Å². The van der Waals surface area contributed by atoms with Gasteiger partial charge in [0, 0.05) is 43.9 Å². The van der Waals surface area contributed by atoms with Gasteiger partial charge in [0.1, 0.15) is 5.75 Å². The molecule has 0 spiro atoms. The zero-order valence-corrected chi connectivity index (χ0v) is 12.0. The summed E-state index contributed by atoms with van der Waals surface area (Å²) in [7, 11) is 0. The highest BCUT2D eigenvalue weighted by molar-refractivity contribution is 5.96. The van der Waals surface area contributed by atoms with E-state index in [1.165, 1.54) is 0 Å². The molecule has 5 heteroatoms. The van der Waals surface area contributed by atoms with E-state index in [-0.39, 0.29) is 11.7 Å². The van der Waals surface area contributed by atoms with Crippen molar-refractivity contribution in [2.45, 2.75) is 13.3 Å². The zero-order valence-electron chi connectivity index (χ0n) is 12.0. The van der Waals surface area contributed by atoms with Crippen LogP contribution in [0.1, 0.15) is 22.3 Å². The summed E-state index contributed by atoms with van der Waals surface area (Å²) in [6.07, 6.45) is 0.948. The molecule has 1 heterocycles. The molecule has 0 unspecified atom stereocenters. The molecule has 1 aliphatic heterocycles. The highest BCUT2D eigenvalue weighted by Crippen LogP contribution is 2.19. The summed E-state index contributed by atoms with van der Waals surface area (Å²) >= 11 is 0. The summed E-state index contributed by atoms with van der Waals surface area (Å²) < 4.78 is 0. The standard InChI is InChI=1S/C15H23N3O2/c1-12-13(4-2-5-14(12)19)15(20)17-6-3-9-18-10-7-16-8-11-18/h2,4-5,16,19H,3,6-11H2,1H3,(H,17,20). The van der Waals surface area contributed by atoms with Crippen LogP contribution >= 0.6 is 0 Å². The van der Waals surface area contributed by atoms with Crippen molar-refractivity contribution in [3.05, 3.63) is 29.3 Å². The van der Waals surface area contributed by atoms with Crippen molar-refractivity contribution >= 4 is 5.91 Å². The van der Waals surface area contributed by atoms with Crippen molar-refractivity contribution in [2.75, 3.05) is 39.3 Å². The Morgan fingerprint density at radius 1 is 1.40 bits per heavy atom. The van der Waals surface area contributed by atoms with Crippen LogP contribution in [0.25, 0.3) is 0 Å². The molecule has 1 amide bonds.